The van der Waals surface area contributed by atoms with Crippen molar-refractivity contribution < 1.29 is 4.52 Å². The first-order valence-corrected chi connectivity index (χ1v) is 8.10. The number of hydrogen-bond acceptors (Lipinski definition) is 6. The van der Waals surface area contributed by atoms with Crippen molar-refractivity contribution in [2.45, 2.75) is 44.9 Å². The maximum absolute atomic E-state index is 5.58. The number of rotatable bonds is 2. The molecule has 6 heteroatoms. The highest BCUT2D eigenvalue weighted by Crippen LogP contribution is 2.49. The molecule has 1 saturated carbocycles. The second kappa shape index (κ2) is 5.43. The normalized spacial score (nSPS) is 24.0. The molecule has 1 aliphatic carbocycles. The van der Waals surface area contributed by atoms with Crippen molar-refractivity contribution in [1.29, 1.82) is 0 Å². The molecule has 0 bridgehead atoms. The predicted octanol–water partition coefficient (Wildman–Crippen LogP) is 2.47. The first-order chi connectivity index (χ1) is 10.8. The van der Waals surface area contributed by atoms with Gasteiger partial charge in [0.25, 0.3) is 0 Å². The molecule has 1 atom stereocenters. The molecule has 6 nitrogen and oxygen atoms in total. The minimum absolute atomic E-state index is 0.302. The van der Waals surface area contributed by atoms with Crippen LogP contribution in [0, 0.1) is 12.3 Å². The van der Waals surface area contributed by atoms with E-state index in [-0.39, 0.29) is 0 Å². The maximum Gasteiger partial charge on any atom is 0.240 e. The summed E-state index contributed by atoms with van der Waals surface area (Å²) in [4.78, 5) is 13.2. The first-order valence-electron chi connectivity index (χ1n) is 8.10. The average molecular weight is 299 g/mol. The molecule has 0 amide bonds. The third-order valence-electron chi connectivity index (χ3n) is 5.13. The molecule has 0 aromatic carbocycles. The summed E-state index contributed by atoms with van der Waals surface area (Å²) in [6, 6.07) is 0. The summed E-state index contributed by atoms with van der Waals surface area (Å²) in [5.41, 5.74) is 1.32. The van der Waals surface area contributed by atoms with Gasteiger partial charge in [-0.15, -0.1) is 0 Å². The smallest absolute Gasteiger partial charge is 0.240 e. The molecule has 22 heavy (non-hydrogen) atoms. The first kappa shape index (κ1) is 13.8. The van der Waals surface area contributed by atoms with Gasteiger partial charge in [-0.2, -0.15) is 4.98 Å². The van der Waals surface area contributed by atoms with Crippen LogP contribution in [-0.4, -0.2) is 33.2 Å². The van der Waals surface area contributed by atoms with Crippen molar-refractivity contribution in [3.63, 3.8) is 0 Å². The molecule has 2 fully saturated rings. The van der Waals surface area contributed by atoms with Crippen LogP contribution in [0.2, 0.25) is 0 Å². The van der Waals surface area contributed by atoms with E-state index in [4.69, 9.17) is 4.52 Å². The predicted molar refractivity (Wildman–Crippen MR) is 81.2 cm³/mol. The van der Waals surface area contributed by atoms with Gasteiger partial charge in [0, 0.05) is 25.5 Å². The fraction of sp³-hybridized carbons (Fsp3) is 0.625. The Labute approximate surface area is 129 Å². The Bertz CT molecular complexity index is 645. The topological polar surface area (TPSA) is 76.7 Å². The van der Waals surface area contributed by atoms with Crippen LogP contribution in [0.25, 0.3) is 11.6 Å². The molecule has 2 aromatic heterocycles. The minimum atomic E-state index is 0.302. The van der Waals surface area contributed by atoms with Crippen molar-refractivity contribution in [2.24, 2.45) is 5.41 Å². The maximum atomic E-state index is 5.58. The Morgan fingerprint density at radius 2 is 1.91 bits per heavy atom. The van der Waals surface area contributed by atoms with Crippen molar-refractivity contribution in [3.05, 3.63) is 23.8 Å². The average Bonchev–Trinajstić information content (AvgIpc) is 3.16. The van der Waals surface area contributed by atoms with Gasteiger partial charge in [-0.1, -0.05) is 24.4 Å². The molecule has 2 aromatic rings. The fourth-order valence-corrected chi connectivity index (χ4v) is 3.91. The number of aromatic nitrogens is 4. The van der Waals surface area contributed by atoms with E-state index in [2.05, 4.69) is 25.4 Å². The zero-order valence-corrected chi connectivity index (χ0v) is 12.9. The lowest BCUT2D eigenvalue weighted by Crippen LogP contribution is -2.31. The van der Waals surface area contributed by atoms with E-state index in [1.807, 2.05) is 6.92 Å². The van der Waals surface area contributed by atoms with Gasteiger partial charge >= 0.3 is 0 Å². The van der Waals surface area contributed by atoms with Crippen molar-refractivity contribution >= 4 is 0 Å². The summed E-state index contributed by atoms with van der Waals surface area (Å²) < 4.78 is 5.58. The number of hydrogen-bond donors (Lipinski definition) is 1. The van der Waals surface area contributed by atoms with Crippen LogP contribution in [-0.2, 0) is 0 Å². The van der Waals surface area contributed by atoms with Crippen LogP contribution in [0.4, 0.5) is 0 Å². The van der Waals surface area contributed by atoms with E-state index in [0.717, 1.165) is 24.5 Å². The zero-order chi connectivity index (χ0) is 15.0. The van der Waals surface area contributed by atoms with E-state index in [1.165, 1.54) is 32.1 Å². The summed E-state index contributed by atoms with van der Waals surface area (Å²) in [7, 11) is 0. The lowest BCUT2D eigenvalue weighted by Gasteiger charge is -2.36. The lowest BCUT2D eigenvalue weighted by atomic mass is 9.67. The highest BCUT2D eigenvalue weighted by atomic mass is 16.5. The molecule has 0 radical (unpaired) electrons. The van der Waals surface area contributed by atoms with Gasteiger partial charge in [0.2, 0.25) is 17.5 Å². The third-order valence-corrected chi connectivity index (χ3v) is 5.13. The van der Waals surface area contributed by atoms with Gasteiger partial charge in [0.05, 0.1) is 5.92 Å². The molecule has 1 spiro atoms. The summed E-state index contributed by atoms with van der Waals surface area (Å²) >= 11 is 0. The van der Waals surface area contributed by atoms with E-state index >= 15 is 0 Å². The summed E-state index contributed by atoms with van der Waals surface area (Å²) in [6.45, 7) is 3.95. The highest BCUT2D eigenvalue weighted by molar-refractivity contribution is 5.41. The minimum Gasteiger partial charge on any atom is -0.338 e. The Morgan fingerprint density at radius 3 is 2.68 bits per heavy atom. The van der Waals surface area contributed by atoms with E-state index < -0.39 is 0 Å². The van der Waals surface area contributed by atoms with Gasteiger partial charge in [-0.3, -0.25) is 0 Å². The number of nitrogens with one attached hydrogen (secondary N) is 1. The standard InChI is InChI=1S/C16H21N5O/c1-11-7-18-13(19-8-11)14-20-15(22-21-14)12-9-17-10-16(12)5-3-2-4-6-16/h7-8,12,17H,2-6,9-10H2,1H3. The van der Waals surface area contributed by atoms with Crippen LogP contribution >= 0.6 is 0 Å². The second-order valence-electron chi connectivity index (χ2n) is 6.65. The van der Waals surface area contributed by atoms with Crippen LogP contribution in [0.1, 0.15) is 49.5 Å². The summed E-state index contributed by atoms with van der Waals surface area (Å²) in [5, 5.41) is 7.63. The van der Waals surface area contributed by atoms with Crippen LogP contribution < -0.4 is 5.32 Å². The van der Waals surface area contributed by atoms with E-state index in [0.29, 0.717) is 23.0 Å². The molecule has 116 valence electrons. The number of aryl methyl sites for hydroxylation is 1. The Kier molecular flexibility index (Phi) is 3.41. The summed E-state index contributed by atoms with van der Waals surface area (Å²) in [5.74, 6) is 2.09. The molecule has 1 unspecified atom stereocenters. The van der Waals surface area contributed by atoms with Gasteiger partial charge in [-0.25, -0.2) is 9.97 Å². The van der Waals surface area contributed by atoms with E-state index in [1.54, 1.807) is 12.4 Å². The highest BCUT2D eigenvalue weighted by Gasteiger charge is 2.46. The van der Waals surface area contributed by atoms with Crippen LogP contribution in [0.3, 0.4) is 0 Å². The van der Waals surface area contributed by atoms with E-state index in [9.17, 15) is 0 Å². The largest absolute Gasteiger partial charge is 0.338 e. The Morgan fingerprint density at radius 1 is 1.14 bits per heavy atom. The fourth-order valence-electron chi connectivity index (χ4n) is 3.91. The molecular weight excluding hydrogens is 278 g/mol. The van der Waals surface area contributed by atoms with Crippen molar-refractivity contribution in [2.75, 3.05) is 13.1 Å². The molecule has 2 aliphatic rings. The SMILES string of the molecule is Cc1cnc(-c2noc(C3CNCC34CCCCC4)n2)nc1. The molecule has 1 saturated heterocycles. The Hall–Kier alpha value is -1.82. The quantitative estimate of drug-likeness (QED) is 0.918. The zero-order valence-electron chi connectivity index (χ0n) is 12.9. The molecular formula is C16H21N5O. The van der Waals surface area contributed by atoms with Crippen molar-refractivity contribution in [3.8, 4) is 11.6 Å². The Balaban J connectivity index is 1.62. The lowest BCUT2D eigenvalue weighted by molar-refractivity contribution is 0.165. The van der Waals surface area contributed by atoms with Gasteiger partial charge in [0.15, 0.2) is 0 Å². The molecule has 1 aliphatic heterocycles. The monoisotopic (exact) mass is 299 g/mol. The molecule has 3 heterocycles. The van der Waals surface area contributed by atoms with Gasteiger partial charge < -0.3 is 9.84 Å². The van der Waals surface area contributed by atoms with Crippen LogP contribution in [0.15, 0.2) is 16.9 Å². The van der Waals surface area contributed by atoms with Crippen molar-refractivity contribution in [1.82, 2.24) is 25.4 Å². The molecule has 1 N–H and O–H groups in total. The molecule has 4 rings (SSSR count). The third kappa shape index (κ3) is 2.31. The van der Waals surface area contributed by atoms with Crippen LogP contribution in [0.5, 0.6) is 0 Å². The summed E-state index contributed by atoms with van der Waals surface area (Å²) in [6.07, 6.45) is 10.0. The van der Waals surface area contributed by atoms with Gasteiger partial charge in [0.1, 0.15) is 0 Å². The second-order valence-corrected chi connectivity index (χ2v) is 6.65. The van der Waals surface area contributed by atoms with Gasteiger partial charge in [-0.05, 0) is 30.7 Å². The number of nitrogens with zero attached hydrogens (tertiary/aromatic N) is 4.